The molecule has 0 heterocycles. The van der Waals surface area contributed by atoms with E-state index in [0.29, 0.717) is 0 Å². The summed E-state index contributed by atoms with van der Waals surface area (Å²) in [5, 5.41) is 19.8. The Morgan fingerprint density at radius 2 is 1.95 bits per heavy atom. The number of nitro groups is 1. The lowest BCUT2D eigenvalue weighted by Crippen LogP contribution is -1.97. The maximum Gasteiger partial charge on any atom is 0.275 e. The molecule has 0 saturated heterocycles. The second-order valence-corrected chi connectivity index (χ2v) is 3.88. The van der Waals surface area contributed by atoms with E-state index < -0.39 is 23.2 Å². The third kappa shape index (κ3) is 2.89. The average molecular weight is 281 g/mol. The monoisotopic (exact) mass is 281 g/mol. The fourth-order valence-electron chi connectivity index (χ4n) is 1.61. The van der Waals surface area contributed by atoms with Crippen molar-refractivity contribution in [3.8, 4) is 11.5 Å². The lowest BCUT2D eigenvalue weighted by atomic mass is 10.2. The smallest absolute Gasteiger partial charge is 0.275 e. The molecule has 0 saturated carbocycles. The Balaban J connectivity index is 2.34. The number of hydrogen-bond donors (Lipinski definition) is 1. The third-order valence-corrected chi connectivity index (χ3v) is 2.54. The molecule has 1 N–H and O–H groups in total. The van der Waals surface area contributed by atoms with Gasteiger partial charge in [-0.1, -0.05) is 0 Å². The molecule has 0 aliphatic heterocycles. The zero-order valence-electron chi connectivity index (χ0n) is 10.0. The van der Waals surface area contributed by atoms with Crippen molar-refractivity contribution < 1.29 is 23.5 Å². The van der Waals surface area contributed by atoms with Gasteiger partial charge in [-0.15, -0.1) is 0 Å². The van der Waals surface area contributed by atoms with Crippen molar-refractivity contribution in [3.05, 3.63) is 63.7 Å². The highest BCUT2D eigenvalue weighted by Crippen LogP contribution is 2.29. The molecule has 104 valence electrons. The molecule has 0 spiro atoms. The van der Waals surface area contributed by atoms with E-state index in [2.05, 4.69) is 0 Å². The van der Waals surface area contributed by atoms with Gasteiger partial charge in [0.05, 0.1) is 17.1 Å². The summed E-state index contributed by atoms with van der Waals surface area (Å²) >= 11 is 0. The normalized spacial score (nSPS) is 10.3. The largest absolute Gasteiger partial charge is 0.454 e. The van der Waals surface area contributed by atoms with Crippen molar-refractivity contribution in [3.63, 3.8) is 0 Å². The van der Waals surface area contributed by atoms with Crippen molar-refractivity contribution in [2.45, 2.75) is 6.61 Å². The van der Waals surface area contributed by atoms with Gasteiger partial charge in [0, 0.05) is 12.1 Å². The van der Waals surface area contributed by atoms with Gasteiger partial charge in [0.2, 0.25) is 0 Å². The summed E-state index contributed by atoms with van der Waals surface area (Å²) in [7, 11) is 0. The summed E-state index contributed by atoms with van der Waals surface area (Å²) in [6.45, 7) is -0.570. The van der Waals surface area contributed by atoms with Crippen LogP contribution < -0.4 is 4.74 Å². The molecule has 0 aliphatic rings. The molecule has 2 aromatic carbocycles. The van der Waals surface area contributed by atoms with Gasteiger partial charge in [-0.3, -0.25) is 10.1 Å². The quantitative estimate of drug-likeness (QED) is 0.690. The standard InChI is InChI=1S/C13H9F2NO4/c14-9-1-3-11(15)13(6-9)20-10-2-4-12(16(18)19)8(5-10)7-17/h1-6,17H,7H2. The Bertz CT molecular complexity index is 661. The molecule has 0 aromatic heterocycles. The lowest BCUT2D eigenvalue weighted by molar-refractivity contribution is -0.385. The number of halogens is 2. The summed E-state index contributed by atoms with van der Waals surface area (Å²) in [5.74, 6) is -1.73. The van der Waals surface area contributed by atoms with E-state index in [-0.39, 0.29) is 22.7 Å². The Labute approximate surface area is 112 Å². The summed E-state index contributed by atoms with van der Waals surface area (Å²) in [6.07, 6.45) is 0. The van der Waals surface area contributed by atoms with E-state index in [1.165, 1.54) is 12.1 Å². The van der Waals surface area contributed by atoms with E-state index in [1.54, 1.807) is 0 Å². The third-order valence-electron chi connectivity index (χ3n) is 2.54. The Hall–Kier alpha value is -2.54. The van der Waals surface area contributed by atoms with E-state index in [0.717, 1.165) is 24.3 Å². The number of rotatable bonds is 4. The number of benzene rings is 2. The number of aliphatic hydroxyl groups is 1. The van der Waals surface area contributed by atoms with Crippen LogP contribution in [0.4, 0.5) is 14.5 Å². The van der Waals surface area contributed by atoms with E-state index >= 15 is 0 Å². The molecule has 0 radical (unpaired) electrons. The number of ether oxygens (including phenoxy) is 1. The predicted octanol–water partition coefficient (Wildman–Crippen LogP) is 3.16. The Morgan fingerprint density at radius 3 is 2.60 bits per heavy atom. The summed E-state index contributed by atoms with van der Waals surface area (Å²) in [6, 6.07) is 6.26. The van der Waals surface area contributed by atoms with Crippen LogP contribution >= 0.6 is 0 Å². The van der Waals surface area contributed by atoms with Gasteiger partial charge in [0.1, 0.15) is 11.6 Å². The number of hydrogen-bond acceptors (Lipinski definition) is 4. The van der Waals surface area contributed by atoms with Crippen LogP contribution in [0.2, 0.25) is 0 Å². The molecule has 5 nitrogen and oxygen atoms in total. The minimum Gasteiger partial charge on any atom is -0.454 e. The van der Waals surface area contributed by atoms with Crippen LogP contribution in [0.25, 0.3) is 0 Å². The van der Waals surface area contributed by atoms with Gasteiger partial charge in [-0.2, -0.15) is 0 Å². The molecule has 20 heavy (non-hydrogen) atoms. The van der Waals surface area contributed by atoms with Crippen molar-refractivity contribution in [1.82, 2.24) is 0 Å². The van der Waals surface area contributed by atoms with E-state index in [1.807, 2.05) is 0 Å². The van der Waals surface area contributed by atoms with Crippen molar-refractivity contribution in [2.75, 3.05) is 0 Å². The molecule has 0 aliphatic carbocycles. The molecular weight excluding hydrogens is 272 g/mol. The fraction of sp³-hybridized carbons (Fsp3) is 0.0769. The van der Waals surface area contributed by atoms with Gasteiger partial charge in [-0.25, -0.2) is 8.78 Å². The highest BCUT2D eigenvalue weighted by Gasteiger charge is 2.15. The molecule has 0 bridgehead atoms. The van der Waals surface area contributed by atoms with Gasteiger partial charge in [0.25, 0.3) is 5.69 Å². The van der Waals surface area contributed by atoms with Gasteiger partial charge in [-0.05, 0) is 24.3 Å². The molecule has 0 atom stereocenters. The van der Waals surface area contributed by atoms with Crippen molar-refractivity contribution in [2.24, 2.45) is 0 Å². The molecule has 2 rings (SSSR count). The first-order chi connectivity index (χ1) is 9.51. The van der Waals surface area contributed by atoms with Gasteiger partial charge >= 0.3 is 0 Å². The predicted molar refractivity (Wildman–Crippen MR) is 65.5 cm³/mol. The van der Waals surface area contributed by atoms with E-state index in [9.17, 15) is 18.9 Å². The van der Waals surface area contributed by atoms with Crippen molar-refractivity contribution in [1.29, 1.82) is 0 Å². The maximum absolute atomic E-state index is 13.4. The second kappa shape index (κ2) is 5.62. The fourth-order valence-corrected chi connectivity index (χ4v) is 1.61. The first-order valence-electron chi connectivity index (χ1n) is 5.52. The average Bonchev–Trinajstić information content (AvgIpc) is 2.42. The molecular formula is C13H9F2NO4. The number of aliphatic hydroxyl groups excluding tert-OH is 1. The minimum atomic E-state index is -0.768. The van der Waals surface area contributed by atoms with Crippen LogP contribution in [0.1, 0.15) is 5.56 Å². The summed E-state index contributed by atoms with van der Waals surface area (Å²) < 4.78 is 31.5. The van der Waals surface area contributed by atoms with Crippen LogP contribution in [0, 0.1) is 21.7 Å². The van der Waals surface area contributed by atoms with Crippen LogP contribution in [0.5, 0.6) is 11.5 Å². The van der Waals surface area contributed by atoms with Crippen molar-refractivity contribution >= 4 is 5.69 Å². The first-order valence-corrected chi connectivity index (χ1v) is 5.52. The molecule has 0 unspecified atom stereocenters. The number of nitrogens with zero attached hydrogens (tertiary/aromatic N) is 1. The molecule has 0 amide bonds. The first kappa shape index (κ1) is 13.9. The highest BCUT2D eigenvalue weighted by atomic mass is 19.1. The zero-order valence-corrected chi connectivity index (χ0v) is 10.0. The highest BCUT2D eigenvalue weighted by molar-refractivity contribution is 5.46. The molecule has 0 fully saturated rings. The van der Waals surface area contributed by atoms with Gasteiger partial charge < -0.3 is 9.84 Å². The van der Waals surface area contributed by atoms with Crippen LogP contribution in [-0.4, -0.2) is 10.0 Å². The topological polar surface area (TPSA) is 72.6 Å². The molecule has 7 heteroatoms. The summed E-state index contributed by atoms with van der Waals surface area (Å²) in [4.78, 5) is 10.0. The zero-order chi connectivity index (χ0) is 14.7. The SMILES string of the molecule is O=[N+]([O-])c1ccc(Oc2cc(F)ccc2F)cc1CO. The maximum atomic E-state index is 13.4. The summed E-state index contributed by atoms with van der Waals surface area (Å²) in [5.41, 5.74) is -0.260. The lowest BCUT2D eigenvalue weighted by Gasteiger charge is -2.08. The van der Waals surface area contributed by atoms with E-state index in [4.69, 9.17) is 9.84 Å². The molecule has 2 aromatic rings. The Morgan fingerprint density at radius 1 is 1.20 bits per heavy atom. The van der Waals surface area contributed by atoms with Crippen LogP contribution in [-0.2, 0) is 6.61 Å². The minimum absolute atomic E-state index is 0.0179. The Kier molecular flexibility index (Phi) is 3.90. The second-order valence-electron chi connectivity index (χ2n) is 3.88. The van der Waals surface area contributed by atoms with Crippen LogP contribution in [0.3, 0.4) is 0 Å². The number of nitro benzene ring substituents is 1. The van der Waals surface area contributed by atoms with Gasteiger partial charge in [0.15, 0.2) is 11.6 Å². The van der Waals surface area contributed by atoms with Crippen LogP contribution in [0.15, 0.2) is 36.4 Å².